The van der Waals surface area contributed by atoms with E-state index in [1.807, 2.05) is 6.07 Å². The molecule has 0 bridgehead atoms. The van der Waals surface area contributed by atoms with E-state index in [9.17, 15) is 24.4 Å². The Labute approximate surface area is 239 Å². The minimum Gasteiger partial charge on any atom is -0.452 e. The summed E-state index contributed by atoms with van der Waals surface area (Å²) in [5.41, 5.74) is 8.39. The SMILES string of the molecule is CC1CCc2c(sc(NC(=O)COC(=O)c3ccc(N4C(=O)CC(Sc5cccc(N)c5)C4=O)cc3)c2C#N)C1. The highest BCUT2D eigenvalue weighted by atomic mass is 32.2. The highest BCUT2D eigenvalue weighted by Gasteiger charge is 2.40. The number of benzene rings is 2. The van der Waals surface area contributed by atoms with E-state index < -0.39 is 23.7 Å². The first-order valence-electron chi connectivity index (χ1n) is 12.7. The molecular formula is C29H26N4O5S2. The number of nitrogens with zero attached hydrogens (tertiary/aromatic N) is 2. The third-order valence-electron chi connectivity index (χ3n) is 6.81. The van der Waals surface area contributed by atoms with Gasteiger partial charge in [-0.15, -0.1) is 23.1 Å². The number of nitrogens with two attached hydrogens (primary N) is 1. The summed E-state index contributed by atoms with van der Waals surface area (Å²) < 4.78 is 5.17. The molecule has 40 heavy (non-hydrogen) atoms. The van der Waals surface area contributed by atoms with E-state index >= 15 is 0 Å². The number of esters is 1. The molecule has 9 nitrogen and oxygen atoms in total. The number of hydrogen-bond donors (Lipinski definition) is 2. The van der Waals surface area contributed by atoms with E-state index in [1.54, 1.807) is 18.2 Å². The first-order valence-corrected chi connectivity index (χ1v) is 14.4. The molecular weight excluding hydrogens is 548 g/mol. The van der Waals surface area contributed by atoms with Gasteiger partial charge in [-0.2, -0.15) is 5.26 Å². The number of nitrogen functional groups attached to an aromatic ring is 1. The Hall–Kier alpha value is -4.14. The minimum absolute atomic E-state index is 0.0526. The number of anilines is 3. The van der Waals surface area contributed by atoms with Crippen molar-refractivity contribution in [1.82, 2.24) is 0 Å². The molecule has 1 aliphatic carbocycles. The zero-order chi connectivity index (χ0) is 28.4. The summed E-state index contributed by atoms with van der Waals surface area (Å²) in [5, 5.41) is 12.2. The van der Waals surface area contributed by atoms with Crippen LogP contribution >= 0.6 is 23.1 Å². The van der Waals surface area contributed by atoms with Gasteiger partial charge < -0.3 is 15.8 Å². The van der Waals surface area contributed by atoms with E-state index in [1.165, 1.54) is 47.4 Å². The van der Waals surface area contributed by atoms with Crippen LogP contribution in [0.2, 0.25) is 0 Å². The molecule has 0 saturated carbocycles. The summed E-state index contributed by atoms with van der Waals surface area (Å²) >= 11 is 2.68. The number of imide groups is 1. The van der Waals surface area contributed by atoms with Crippen molar-refractivity contribution in [2.75, 3.05) is 22.6 Å². The van der Waals surface area contributed by atoms with Gasteiger partial charge in [-0.05, 0) is 73.2 Å². The number of hydrogen-bond acceptors (Lipinski definition) is 9. The maximum Gasteiger partial charge on any atom is 0.338 e. The maximum absolute atomic E-state index is 13.0. The van der Waals surface area contributed by atoms with Gasteiger partial charge in [0.2, 0.25) is 11.8 Å². The molecule has 1 aromatic heterocycles. The van der Waals surface area contributed by atoms with Crippen molar-refractivity contribution < 1.29 is 23.9 Å². The molecule has 3 aromatic rings. The topological polar surface area (TPSA) is 143 Å². The summed E-state index contributed by atoms with van der Waals surface area (Å²) in [7, 11) is 0. The van der Waals surface area contributed by atoms with Gasteiger partial charge in [0.05, 0.1) is 22.1 Å². The van der Waals surface area contributed by atoms with Crippen molar-refractivity contribution in [2.24, 2.45) is 5.92 Å². The number of thioether (sulfide) groups is 1. The van der Waals surface area contributed by atoms with Crippen molar-refractivity contribution in [3.05, 3.63) is 70.1 Å². The summed E-state index contributed by atoms with van der Waals surface area (Å²) in [6.07, 6.45) is 2.75. The van der Waals surface area contributed by atoms with Crippen LogP contribution < -0.4 is 16.0 Å². The largest absolute Gasteiger partial charge is 0.452 e. The van der Waals surface area contributed by atoms with Crippen LogP contribution in [0.1, 0.15) is 46.1 Å². The lowest BCUT2D eigenvalue weighted by molar-refractivity contribution is -0.121. The minimum atomic E-state index is -0.726. The second kappa shape index (κ2) is 11.5. The van der Waals surface area contributed by atoms with Crippen LogP contribution in [0, 0.1) is 17.2 Å². The molecule has 3 N–H and O–H groups in total. The fraction of sp³-hybridized carbons (Fsp3) is 0.276. The predicted octanol–water partition coefficient (Wildman–Crippen LogP) is 4.55. The number of ether oxygens (including phenoxy) is 1. The first kappa shape index (κ1) is 27.4. The standard InChI is InChI=1S/C29H26N4O5S2/c1-16-5-10-21-22(14-30)27(40-23(21)11-16)32-25(34)15-38-29(37)17-6-8-19(9-7-17)33-26(35)13-24(28(33)36)39-20-4-2-3-18(31)12-20/h2-4,6-9,12,16,24H,5,10-11,13,15,31H2,1H3,(H,32,34). The number of nitrogens with one attached hydrogen (secondary N) is 1. The highest BCUT2D eigenvalue weighted by Crippen LogP contribution is 2.39. The Kier molecular flexibility index (Phi) is 7.91. The van der Waals surface area contributed by atoms with Crippen LogP contribution in [0.15, 0.2) is 53.4 Å². The van der Waals surface area contributed by atoms with E-state index in [0.717, 1.165) is 39.5 Å². The summed E-state index contributed by atoms with van der Waals surface area (Å²) in [5.74, 6) is -1.41. The van der Waals surface area contributed by atoms with Crippen LogP contribution in [0.4, 0.5) is 16.4 Å². The monoisotopic (exact) mass is 574 g/mol. The lowest BCUT2D eigenvalue weighted by Gasteiger charge is -2.17. The van der Waals surface area contributed by atoms with Crippen molar-refractivity contribution in [3.8, 4) is 6.07 Å². The predicted molar refractivity (Wildman–Crippen MR) is 153 cm³/mol. The molecule has 3 amide bonds. The number of amides is 3. The summed E-state index contributed by atoms with van der Waals surface area (Å²) in [4.78, 5) is 53.7. The molecule has 11 heteroatoms. The molecule has 2 aliphatic rings. The Morgan fingerprint density at radius 3 is 2.70 bits per heavy atom. The van der Waals surface area contributed by atoms with Gasteiger partial charge in [0.15, 0.2) is 6.61 Å². The Bertz CT molecular complexity index is 1540. The van der Waals surface area contributed by atoms with Gasteiger partial charge in [0.1, 0.15) is 11.1 Å². The van der Waals surface area contributed by atoms with Crippen molar-refractivity contribution in [1.29, 1.82) is 5.26 Å². The number of carbonyl (C=O) groups is 4. The number of carbonyl (C=O) groups excluding carboxylic acids is 4. The quantitative estimate of drug-likeness (QED) is 0.238. The first-order chi connectivity index (χ1) is 19.2. The lowest BCUT2D eigenvalue weighted by atomic mass is 9.89. The maximum atomic E-state index is 13.0. The average molecular weight is 575 g/mol. The van der Waals surface area contributed by atoms with E-state index in [0.29, 0.717) is 27.9 Å². The van der Waals surface area contributed by atoms with Gasteiger partial charge >= 0.3 is 5.97 Å². The smallest absolute Gasteiger partial charge is 0.338 e. The Morgan fingerprint density at radius 2 is 1.98 bits per heavy atom. The molecule has 0 radical (unpaired) electrons. The van der Waals surface area contributed by atoms with Crippen LogP contribution in [-0.4, -0.2) is 35.5 Å². The average Bonchev–Trinajstić information content (AvgIpc) is 3.41. The molecule has 2 aromatic carbocycles. The highest BCUT2D eigenvalue weighted by molar-refractivity contribution is 8.00. The molecule has 2 atom stereocenters. The van der Waals surface area contributed by atoms with Crippen molar-refractivity contribution in [3.63, 3.8) is 0 Å². The zero-order valence-corrected chi connectivity index (χ0v) is 23.3. The molecule has 5 rings (SSSR count). The van der Waals surface area contributed by atoms with Gasteiger partial charge in [-0.25, -0.2) is 9.69 Å². The van der Waals surface area contributed by atoms with E-state index in [-0.39, 0.29) is 23.8 Å². The molecule has 2 heterocycles. The van der Waals surface area contributed by atoms with Gasteiger partial charge in [0.25, 0.3) is 5.91 Å². The van der Waals surface area contributed by atoms with Crippen LogP contribution in [-0.2, 0) is 32.0 Å². The van der Waals surface area contributed by atoms with Crippen molar-refractivity contribution in [2.45, 2.75) is 42.8 Å². The summed E-state index contributed by atoms with van der Waals surface area (Å²) in [6, 6.07) is 15.2. The third-order valence-corrected chi connectivity index (χ3v) is 9.16. The van der Waals surface area contributed by atoms with Gasteiger partial charge in [0, 0.05) is 21.9 Å². The Balaban J connectivity index is 1.17. The van der Waals surface area contributed by atoms with E-state index in [2.05, 4.69) is 18.3 Å². The van der Waals surface area contributed by atoms with Crippen LogP contribution in [0.25, 0.3) is 0 Å². The number of nitriles is 1. The van der Waals surface area contributed by atoms with Crippen LogP contribution in [0.3, 0.4) is 0 Å². The molecule has 204 valence electrons. The van der Waals surface area contributed by atoms with Crippen LogP contribution in [0.5, 0.6) is 0 Å². The Morgan fingerprint density at radius 1 is 1.20 bits per heavy atom. The molecule has 1 saturated heterocycles. The molecule has 0 spiro atoms. The summed E-state index contributed by atoms with van der Waals surface area (Å²) in [6.45, 7) is 1.65. The second-order valence-electron chi connectivity index (χ2n) is 9.79. The number of fused-ring (bicyclic) bond motifs is 1. The van der Waals surface area contributed by atoms with Gasteiger partial charge in [-0.3, -0.25) is 14.4 Å². The van der Waals surface area contributed by atoms with Gasteiger partial charge in [-0.1, -0.05) is 13.0 Å². The zero-order valence-electron chi connectivity index (χ0n) is 21.6. The van der Waals surface area contributed by atoms with Crippen molar-refractivity contribution >= 4 is 63.2 Å². The molecule has 2 unspecified atom stereocenters. The normalized spacial score (nSPS) is 18.2. The third kappa shape index (κ3) is 5.73. The fourth-order valence-corrected chi connectivity index (χ4v) is 7.30. The fourth-order valence-electron chi connectivity index (χ4n) is 4.80. The number of thiophene rings is 1. The number of rotatable bonds is 7. The van der Waals surface area contributed by atoms with E-state index in [4.69, 9.17) is 10.5 Å². The molecule has 1 fully saturated rings. The second-order valence-corrected chi connectivity index (χ2v) is 12.2. The molecule has 1 aliphatic heterocycles. The lowest BCUT2D eigenvalue weighted by Crippen LogP contribution is -2.31.